The lowest BCUT2D eigenvalue weighted by Gasteiger charge is -2.33. The van der Waals surface area contributed by atoms with Gasteiger partial charge in [-0.05, 0) is 72.3 Å². The van der Waals surface area contributed by atoms with E-state index in [1.165, 1.54) is 12.1 Å². The quantitative estimate of drug-likeness (QED) is 0.617. The largest absolute Gasteiger partial charge is 0.338 e. The van der Waals surface area contributed by atoms with Crippen molar-refractivity contribution in [1.82, 2.24) is 4.90 Å². The number of fused-ring (bicyclic) bond motifs is 1. The smallest absolute Gasteiger partial charge is 0.254 e. The molecule has 0 spiro atoms. The molecule has 1 aliphatic rings. The third-order valence-electron chi connectivity index (χ3n) is 5.75. The molecule has 1 aliphatic heterocycles. The van der Waals surface area contributed by atoms with Crippen LogP contribution in [-0.2, 0) is 0 Å². The van der Waals surface area contributed by atoms with Crippen molar-refractivity contribution in [3.8, 4) is 11.1 Å². The molecule has 0 radical (unpaired) electrons. The Balaban J connectivity index is 1.74. The first-order valence-electron chi connectivity index (χ1n) is 10.0. The molecule has 1 saturated heterocycles. The second-order valence-electron chi connectivity index (χ2n) is 7.67. The van der Waals surface area contributed by atoms with E-state index in [-0.39, 0.29) is 11.7 Å². The summed E-state index contributed by atoms with van der Waals surface area (Å²) in [6, 6.07) is 16.0. The summed E-state index contributed by atoms with van der Waals surface area (Å²) in [6.07, 6.45) is 3.09. The fourth-order valence-electron chi connectivity index (χ4n) is 4.33. The van der Waals surface area contributed by atoms with Crippen molar-refractivity contribution in [3.05, 3.63) is 71.0 Å². The van der Waals surface area contributed by atoms with E-state index in [0.29, 0.717) is 23.0 Å². The van der Waals surface area contributed by atoms with Crippen molar-refractivity contribution in [1.29, 1.82) is 0 Å². The van der Waals surface area contributed by atoms with E-state index in [1.807, 2.05) is 41.3 Å². The van der Waals surface area contributed by atoms with Gasteiger partial charge in [0.25, 0.3) is 5.91 Å². The van der Waals surface area contributed by atoms with Crippen LogP contribution < -0.4 is 5.73 Å². The van der Waals surface area contributed by atoms with Gasteiger partial charge in [-0.1, -0.05) is 41.9 Å². The molecule has 1 heterocycles. The highest BCUT2D eigenvalue weighted by Gasteiger charge is 2.25. The fraction of sp³-hybridized carbons (Fsp3) is 0.292. The molecule has 3 aromatic carbocycles. The maximum Gasteiger partial charge on any atom is 0.254 e. The summed E-state index contributed by atoms with van der Waals surface area (Å²) >= 11 is 6.31. The molecular formula is C24H24ClFN2O. The second-order valence-corrected chi connectivity index (χ2v) is 8.07. The van der Waals surface area contributed by atoms with Crippen molar-refractivity contribution in [2.75, 3.05) is 19.6 Å². The third kappa shape index (κ3) is 4.00. The predicted molar refractivity (Wildman–Crippen MR) is 117 cm³/mol. The highest BCUT2D eigenvalue weighted by Crippen LogP contribution is 2.35. The van der Waals surface area contributed by atoms with Gasteiger partial charge in [0.05, 0.1) is 5.02 Å². The summed E-state index contributed by atoms with van der Waals surface area (Å²) in [5.74, 6) is 0.160. The zero-order valence-corrected chi connectivity index (χ0v) is 17.0. The number of rotatable bonds is 4. The zero-order valence-electron chi connectivity index (χ0n) is 16.2. The van der Waals surface area contributed by atoms with Gasteiger partial charge in [0.1, 0.15) is 5.82 Å². The summed E-state index contributed by atoms with van der Waals surface area (Å²) in [5, 5.41) is 2.17. The Hall–Kier alpha value is -2.43. The number of halogens is 2. The molecule has 29 heavy (non-hydrogen) atoms. The minimum atomic E-state index is -0.369. The standard InChI is InChI=1S/C24H24ClFN2O/c25-23-14-17(26)9-10-21(23)19-6-1-7-20-18(19)5-2-8-22(20)24(29)28-13-3-4-16(15-28)11-12-27/h1-2,5-10,14,16H,3-4,11-13,15,27H2. The highest BCUT2D eigenvalue weighted by atomic mass is 35.5. The van der Waals surface area contributed by atoms with Gasteiger partial charge >= 0.3 is 0 Å². The maximum atomic E-state index is 13.5. The van der Waals surface area contributed by atoms with Crippen molar-refractivity contribution in [2.24, 2.45) is 11.7 Å². The monoisotopic (exact) mass is 410 g/mol. The van der Waals surface area contributed by atoms with E-state index in [0.717, 1.165) is 54.3 Å². The molecule has 1 atom stereocenters. The molecule has 0 saturated carbocycles. The van der Waals surface area contributed by atoms with Gasteiger partial charge in [-0.25, -0.2) is 4.39 Å². The van der Waals surface area contributed by atoms with E-state index >= 15 is 0 Å². The van der Waals surface area contributed by atoms with Crippen LogP contribution >= 0.6 is 11.6 Å². The summed E-state index contributed by atoms with van der Waals surface area (Å²) in [4.78, 5) is 15.3. The highest BCUT2D eigenvalue weighted by molar-refractivity contribution is 6.33. The first kappa shape index (κ1) is 19.9. The predicted octanol–water partition coefficient (Wildman–Crippen LogP) is 5.50. The lowest BCUT2D eigenvalue weighted by molar-refractivity contribution is 0.0671. The molecule has 0 bridgehead atoms. The molecule has 1 fully saturated rings. The molecule has 0 aromatic heterocycles. The van der Waals surface area contributed by atoms with Crippen LogP contribution in [0, 0.1) is 11.7 Å². The van der Waals surface area contributed by atoms with Gasteiger partial charge in [0.2, 0.25) is 0 Å². The Morgan fingerprint density at radius 2 is 1.90 bits per heavy atom. The number of piperidine rings is 1. The Labute approximate surface area is 175 Å². The van der Waals surface area contributed by atoms with E-state index < -0.39 is 0 Å². The van der Waals surface area contributed by atoms with Crippen LogP contribution in [0.3, 0.4) is 0 Å². The van der Waals surface area contributed by atoms with E-state index in [2.05, 4.69) is 0 Å². The SMILES string of the molecule is NCCC1CCCN(C(=O)c2cccc3c(-c4ccc(F)cc4Cl)cccc23)C1. The number of nitrogens with zero attached hydrogens (tertiary/aromatic N) is 1. The van der Waals surface area contributed by atoms with E-state index in [4.69, 9.17) is 17.3 Å². The molecule has 0 aliphatic carbocycles. The number of amides is 1. The minimum Gasteiger partial charge on any atom is -0.338 e. The van der Waals surface area contributed by atoms with Gasteiger partial charge < -0.3 is 10.6 Å². The summed E-state index contributed by atoms with van der Waals surface area (Å²) in [6.45, 7) is 2.19. The van der Waals surface area contributed by atoms with Crippen molar-refractivity contribution < 1.29 is 9.18 Å². The summed E-state index contributed by atoms with van der Waals surface area (Å²) in [7, 11) is 0. The first-order valence-corrected chi connectivity index (χ1v) is 10.4. The molecule has 1 amide bonds. The zero-order chi connectivity index (χ0) is 20.4. The van der Waals surface area contributed by atoms with Crippen LogP contribution in [0.2, 0.25) is 5.02 Å². The number of carbonyl (C=O) groups is 1. The topological polar surface area (TPSA) is 46.3 Å². The fourth-order valence-corrected chi connectivity index (χ4v) is 4.60. The maximum absolute atomic E-state index is 13.5. The number of benzene rings is 3. The minimum absolute atomic E-state index is 0.0553. The Morgan fingerprint density at radius 1 is 1.10 bits per heavy atom. The molecule has 150 valence electrons. The number of nitrogens with two attached hydrogens (primary N) is 1. The van der Waals surface area contributed by atoms with Gasteiger partial charge in [-0.3, -0.25) is 4.79 Å². The molecule has 2 N–H and O–H groups in total. The van der Waals surface area contributed by atoms with Gasteiger partial charge in [0.15, 0.2) is 0 Å². The van der Waals surface area contributed by atoms with Gasteiger partial charge in [-0.15, -0.1) is 0 Å². The van der Waals surface area contributed by atoms with Crippen molar-refractivity contribution in [3.63, 3.8) is 0 Å². The Kier molecular flexibility index (Phi) is 5.84. The summed E-state index contributed by atoms with van der Waals surface area (Å²) in [5.41, 5.74) is 8.06. The van der Waals surface area contributed by atoms with Gasteiger partial charge in [-0.2, -0.15) is 0 Å². The van der Waals surface area contributed by atoms with Crippen LogP contribution in [0.1, 0.15) is 29.6 Å². The second kappa shape index (κ2) is 8.52. The number of hydrogen-bond donors (Lipinski definition) is 1. The van der Waals surface area contributed by atoms with Crippen LogP contribution in [0.4, 0.5) is 4.39 Å². The lowest BCUT2D eigenvalue weighted by atomic mass is 9.92. The molecule has 3 aromatic rings. The Bertz CT molecular complexity index is 1050. The molecule has 3 nitrogen and oxygen atoms in total. The van der Waals surface area contributed by atoms with Crippen LogP contribution in [0.25, 0.3) is 21.9 Å². The third-order valence-corrected chi connectivity index (χ3v) is 6.07. The number of likely N-dealkylation sites (tertiary alicyclic amines) is 1. The van der Waals surface area contributed by atoms with E-state index in [1.54, 1.807) is 6.07 Å². The lowest BCUT2D eigenvalue weighted by Crippen LogP contribution is -2.40. The normalized spacial score (nSPS) is 16.9. The average molecular weight is 411 g/mol. The van der Waals surface area contributed by atoms with Crippen molar-refractivity contribution in [2.45, 2.75) is 19.3 Å². The van der Waals surface area contributed by atoms with Crippen LogP contribution in [-0.4, -0.2) is 30.4 Å². The first-order chi connectivity index (χ1) is 14.1. The number of hydrogen-bond acceptors (Lipinski definition) is 2. The average Bonchev–Trinajstić information content (AvgIpc) is 2.73. The molecule has 1 unspecified atom stereocenters. The Morgan fingerprint density at radius 3 is 2.69 bits per heavy atom. The van der Waals surface area contributed by atoms with Crippen LogP contribution in [0.15, 0.2) is 54.6 Å². The van der Waals surface area contributed by atoms with Crippen molar-refractivity contribution >= 4 is 28.3 Å². The van der Waals surface area contributed by atoms with Crippen LogP contribution in [0.5, 0.6) is 0 Å². The van der Waals surface area contributed by atoms with Gasteiger partial charge in [0, 0.05) is 24.2 Å². The summed E-state index contributed by atoms with van der Waals surface area (Å²) < 4.78 is 13.5. The molecular weight excluding hydrogens is 387 g/mol. The molecule has 4 rings (SSSR count). The number of carbonyl (C=O) groups excluding carboxylic acids is 1. The van der Waals surface area contributed by atoms with E-state index in [9.17, 15) is 9.18 Å². The molecule has 5 heteroatoms.